The summed E-state index contributed by atoms with van der Waals surface area (Å²) in [5.74, 6) is -0.190. The number of esters is 1. The second kappa shape index (κ2) is 14.4. The Labute approximate surface area is 263 Å². The Hall–Kier alpha value is -2.04. The molecule has 0 N–H and O–H groups in total. The van der Waals surface area contributed by atoms with Crippen molar-refractivity contribution in [1.29, 1.82) is 0 Å². The summed E-state index contributed by atoms with van der Waals surface area (Å²) in [5, 5.41) is 2.56. The third-order valence-electron chi connectivity index (χ3n) is 9.39. The highest BCUT2D eigenvalue weighted by Crippen LogP contribution is 2.41. The lowest BCUT2D eigenvalue weighted by molar-refractivity contribution is -0.139. The molecule has 1 heterocycles. The van der Waals surface area contributed by atoms with Crippen LogP contribution in [0, 0.1) is 5.92 Å². The van der Waals surface area contributed by atoms with Crippen LogP contribution in [0.2, 0.25) is 23.2 Å². The van der Waals surface area contributed by atoms with Gasteiger partial charge in [0.05, 0.1) is 24.9 Å². The lowest BCUT2D eigenvalue weighted by Crippen LogP contribution is -2.66. The molecule has 0 spiro atoms. The van der Waals surface area contributed by atoms with Crippen LogP contribution in [0.25, 0.3) is 0 Å². The van der Waals surface area contributed by atoms with Gasteiger partial charge in [0.15, 0.2) is 8.32 Å². The molecule has 2 aromatic carbocycles. The Morgan fingerprint density at radius 1 is 0.930 bits per heavy atom. The zero-order chi connectivity index (χ0) is 32.1. The molecular weight excluding hydrogens is 569 g/mol. The normalized spacial score (nSPS) is 22.3. The molecule has 0 bridgehead atoms. The van der Waals surface area contributed by atoms with Gasteiger partial charge in [-0.1, -0.05) is 109 Å². The van der Waals surface area contributed by atoms with E-state index >= 15 is 0 Å². The van der Waals surface area contributed by atoms with Crippen molar-refractivity contribution < 1.29 is 23.1 Å². The zero-order valence-electron chi connectivity index (χ0n) is 28.5. The summed E-state index contributed by atoms with van der Waals surface area (Å²) in [5.41, 5.74) is 0.578. The van der Waals surface area contributed by atoms with Gasteiger partial charge in [-0.05, 0) is 66.3 Å². The minimum absolute atomic E-state index is 0.0313. The molecule has 238 valence electrons. The predicted molar refractivity (Wildman–Crippen MR) is 183 cm³/mol. The number of ether oxygens (including phenoxy) is 2. The van der Waals surface area contributed by atoms with Gasteiger partial charge in [0.2, 0.25) is 0 Å². The highest BCUT2D eigenvalue weighted by molar-refractivity contribution is 6.99. The maximum atomic E-state index is 12.5. The van der Waals surface area contributed by atoms with Gasteiger partial charge in [-0.25, -0.2) is 4.79 Å². The molecule has 0 radical (unpaired) electrons. The topological polar surface area (TPSA) is 54.0 Å². The highest BCUT2D eigenvalue weighted by atomic mass is 28.4. The van der Waals surface area contributed by atoms with Crippen LogP contribution in [0.3, 0.4) is 0 Å². The van der Waals surface area contributed by atoms with Crippen molar-refractivity contribution in [2.75, 3.05) is 13.2 Å². The van der Waals surface area contributed by atoms with E-state index in [4.69, 9.17) is 18.3 Å². The van der Waals surface area contributed by atoms with Gasteiger partial charge < -0.3 is 18.3 Å². The van der Waals surface area contributed by atoms with Crippen LogP contribution in [0.15, 0.2) is 72.3 Å². The van der Waals surface area contributed by atoms with Crippen LogP contribution in [0.4, 0.5) is 0 Å². The Bertz CT molecular complexity index is 1160. The predicted octanol–water partition coefficient (Wildman–Crippen LogP) is 7.65. The molecule has 43 heavy (non-hydrogen) atoms. The summed E-state index contributed by atoms with van der Waals surface area (Å²) in [6.45, 7) is 25.1. The van der Waals surface area contributed by atoms with E-state index in [1.807, 2.05) is 19.9 Å². The second-order valence-corrected chi connectivity index (χ2v) is 23.7. The summed E-state index contributed by atoms with van der Waals surface area (Å²) in [6, 6.07) is 21.5. The second-order valence-electron chi connectivity index (χ2n) is 14.6. The summed E-state index contributed by atoms with van der Waals surface area (Å²) in [6.07, 6.45) is 3.23. The molecule has 0 amide bonds. The van der Waals surface area contributed by atoms with E-state index in [-0.39, 0.29) is 40.3 Å². The van der Waals surface area contributed by atoms with Crippen LogP contribution in [-0.2, 0) is 23.1 Å². The van der Waals surface area contributed by atoms with Crippen LogP contribution in [0.5, 0.6) is 0 Å². The van der Waals surface area contributed by atoms with E-state index in [1.54, 1.807) is 0 Å². The summed E-state index contributed by atoms with van der Waals surface area (Å²) >= 11 is 0. The van der Waals surface area contributed by atoms with Crippen LogP contribution < -0.4 is 10.4 Å². The molecule has 7 heteroatoms. The fourth-order valence-electron chi connectivity index (χ4n) is 5.84. The van der Waals surface area contributed by atoms with E-state index in [0.717, 1.165) is 12.8 Å². The van der Waals surface area contributed by atoms with Crippen molar-refractivity contribution in [1.82, 2.24) is 0 Å². The first-order valence-corrected chi connectivity index (χ1v) is 20.8. The van der Waals surface area contributed by atoms with Crippen molar-refractivity contribution in [3.05, 3.63) is 72.3 Å². The SMILES string of the molecule is CCOC(=O)/C(C)=C\[C@@H]1O[C@H](CCO[Si](c2ccccc2)(c2ccccc2)C(C)(C)C)C[C@@H](O[Si](C)(C)C(C)(C)C)[C@@H]1C. The van der Waals surface area contributed by atoms with Crippen LogP contribution in [-0.4, -0.2) is 54.1 Å². The third kappa shape index (κ3) is 8.37. The number of rotatable bonds is 11. The van der Waals surface area contributed by atoms with Gasteiger partial charge in [0.25, 0.3) is 8.32 Å². The Morgan fingerprint density at radius 3 is 1.93 bits per heavy atom. The van der Waals surface area contributed by atoms with E-state index in [2.05, 4.69) is 122 Å². The Balaban J connectivity index is 1.92. The smallest absolute Gasteiger partial charge is 0.333 e. The highest BCUT2D eigenvalue weighted by Gasteiger charge is 2.50. The van der Waals surface area contributed by atoms with Crippen molar-refractivity contribution in [3.8, 4) is 0 Å². The lowest BCUT2D eigenvalue weighted by Gasteiger charge is -2.46. The fourth-order valence-corrected chi connectivity index (χ4v) is 11.8. The maximum Gasteiger partial charge on any atom is 0.333 e. The average Bonchev–Trinajstić information content (AvgIpc) is 2.93. The Kier molecular flexibility index (Phi) is 11.8. The number of hydrogen-bond acceptors (Lipinski definition) is 5. The molecule has 0 unspecified atom stereocenters. The van der Waals surface area contributed by atoms with E-state index < -0.39 is 16.6 Å². The van der Waals surface area contributed by atoms with Crippen molar-refractivity contribution in [2.45, 2.75) is 117 Å². The van der Waals surface area contributed by atoms with E-state index in [0.29, 0.717) is 18.8 Å². The zero-order valence-corrected chi connectivity index (χ0v) is 30.5. The monoisotopic (exact) mass is 624 g/mol. The van der Waals surface area contributed by atoms with E-state index in [1.165, 1.54) is 10.4 Å². The Morgan fingerprint density at radius 2 is 1.47 bits per heavy atom. The molecule has 1 aliphatic heterocycles. The number of carbonyl (C=O) groups excluding carboxylic acids is 1. The molecule has 3 rings (SSSR count). The summed E-state index contributed by atoms with van der Waals surface area (Å²) in [7, 11) is -4.68. The average molecular weight is 625 g/mol. The molecule has 2 aromatic rings. The molecule has 1 saturated heterocycles. The van der Waals surface area contributed by atoms with Gasteiger partial charge in [-0.3, -0.25) is 0 Å². The summed E-state index contributed by atoms with van der Waals surface area (Å²) < 4.78 is 26.2. The fraction of sp³-hybridized carbons (Fsp3) is 0.583. The minimum atomic E-state index is -2.65. The minimum Gasteiger partial charge on any atom is -0.463 e. The van der Waals surface area contributed by atoms with Crippen molar-refractivity contribution in [3.63, 3.8) is 0 Å². The number of benzene rings is 2. The first-order valence-electron chi connectivity index (χ1n) is 16.0. The molecule has 4 atom stereocenters. The first-order chi connectivity index (χ1) is 20.0. The molecule has 1 fully saturated rings. The number of carbonyl (C=O) groups is 1. The third-order valence-corrected chi connectivity index (χ3v) is 18.9. The standard InChI is InChI=1S/C36H56O5Si2/c1-12-38-34(37)27(2)25-32-28(3)33(41-42(10,11)35(4,5)6)26-29(40-32)23-24-39-43(36(7,8)9,30-19-15-13-16-20-30)31-21-17-14-18-22-31/h13-22,25,28-29,32-33H,12,23-24,26H2,1-11H3/b27-25-/t28-,29-,32+,33-/m1/s1. The van der Waals surface area contributed by atoms with Gasteiger partial charge >= 0.3 is 5.97 Å². The van der Waals surface area contributed by atoms with E-state index in [9.17, 15) is 4.79 Å². The number of hydrogen-bond donors (Lipinski definition) is 0. The largest absolute Gasteiger partial charge is 0.463 e. The first kappa shape index (κ1) is 35.4. The maximum absolute atomic E-state index is 12.5. The molecule has 5 nitrogen and oxygen atoms in total. The molecular formula is C36H56O5Si2. The van der Waals surface area contributed by atoms with Crippen LogP contribution in [0.1, 0.15) is 75.2 Å². The quantitative estimate of drug-likeness (QED) is 0.146. The van der Waals surface area contributed by atoms with Gasteiger partial charge in [0, 0.05) is 18.1 Å². The van der Waals surface area contributed by atoms with Crippen molar-refractivity contribution in [2.24, 2.45) is 5.92 Å². The molecule has 0 aromatic heterocycles. The van der Waals surface area contributed by atoms with Gasteiger partial charge in [0.1, 0.15) is 0 Å². The van der Waals surface area contributed by atoms with Crippen LogP contribution >= 0.6 is 0 Å². The molecule has 0 saturated carbocycles. The summed E-state index contributed by atoms with van der Waals surface area (Å²) in [4.78, 5) is 12.5. The van der Waals surface area contributed by atoms with Gasteiger partial charge in [-0.15, -0.1) is 0 Å². The molecule has 1 aliphatic rings. The van der Waals surface area contributed by atoms with Gasteiger partial charge in [-0.2, -0.15) is 0 Å². The van der Waals surface area contributed by atoms with Crippen molar-refractivity contribution >= 4 is 33.0 Å². The molecule has 0 aliphatic carbocycles. The lowest BCUT2D eigenvalue weighted by atomic mass is 9.88.